The normalized spacial score (nSPS) is 11.1. The number of hydrogen-bond donors (Lipinski definition) is 0. The first kappa shape index (κ1) is 27.2. The molecule has 1 aromatic heterocycles. The molecule has 1 amide bonds. The van der Waals surface area contributed by atoms with Gasteiger partial charge in [0.05, 0.1) is 24.7 Å². The lowest BCUT2D eigenvalue weighted by Crippen LogP contribution is -2.33. The maximum absolute atomic E-state index is 13.9. The summed E-state index contributed by atoms with van der Waals surface area (Å²) in [5.41, 5.74) is 8.08. The molecule has 0 aliphatic rings. The second kappa shape index (κ2) is 11.7. The largest absolute Gasteiger partial charge is 0.497 e. The molecular weight excluding hydrogens is 472 g/mol. The quantitative estimate of drug-likeness (QED) is 0.233. The highest BCUT2D eigenvalue weighted by Gasteiger charge is 2.23. The molecule has 0 aliphatic carbocycles. The number of methoxy groups -OCH3 is 1. The number of carbonyl (C=O) groups excluding carboxylic acids is 1. The van der Waals surface area contributed by atoms with Gasteiger partial charge >= 0.3 is 0 Å². The summed E-state index contributed by atoms with van der Waals surface area (Å²) in [7, 11) is 1.67. The minimum Gasteiger partial charge on any atom is -0.497 e. The molecule has 1 heterocycles. The second-order valence-electron chi connectivity index (χ2n) is 9.91. The first-order chi connectivity index (χ1) is 18.3. The molecule has 4 rings (SSSR count). The summed E-state index contributed by atoms with van der Waals surface area (Å²) in [5.74, 6) is 1.70. The van der Waals surface area contributed by atoms with Gasteiger partial charge in [-0.05, 0) is 94.6 Å². The molecule has 0 saturated heterocycles. The Kier molecular flexibility index (Phi) is 8.40. The zero-order chi connectivity index (χ0) is 27.4. The van der Waals surface area contributed by atoms with E-state index in [2.05, 4.69) is 67.5 Å². The van der Waals surface area contributed by atoms with Crippen LogP contribution in [0.5, 0.6) is 5.75 Å². The third-order valence-corrected chi connectivity index (χ3v) is 7.17. The highest BCUT2D eigenvalue weighted by atomic mass is 16.5. The Morgan fingerprint density at radius 1 is 0.921 bits per heavy atom. The van der Waals surface area contributed by atoms with Crippen molar-refractivity contribution in [3.63, 3.8) is 0 Å². The molecular formula is C32H40N4O2. The molecule has 6 heteroatoms. The van der Waals surface area contributed by atoms with E-state index in [-0.39, 0.29) is 5.91 Å². The van der Waals surface area contributed by atoms with E-state index < -0.39 is 0 Å². The van der Waals surface area contributed by atoms with Gasteiger partial charge in [0.1, 0.15) is 11.6 Å². The molecule has 3 aromatic carbocycles. The van der Waals surface area contributed by atoms with Crippen LogP contribution in [0.15, 0.2) is 54.6 Å². The van der Waals surface area contributed by atoms with Gasteiger partial charge in [-0.2, -0.15) is 0 Å². The Hall–Kier alpha value is -3.80. The van der Waals surface area contributed by atoms with Crippen molar-refractivity contribution in [1.29, 1.82) is 0 Å². The van der Waals surface area contributed by atoms with Crippen LogP contribution in [0.4, 0.5) is 5.69 Å². The Morgan fingerprint density at radius 2 is 1.58 bits per heavy atom. The van der Waals surface area contributed by atoms with Gasteiger partial charge in [0.2, 0.25) is 0 Å². The fraction of sp³-hybridized carbons (Fsp3) is 0.375. The molecule has 0 spiro atoms. The van der Waals surface area contributed by atoms with Crippen LogP contribution in [0.25, 0.3) is 16.7 Å². The summed E-state index contributed by atoms with van der Waals surface area (Å²) in [6.45, 7) is 15.5. The van der Waals surface area contributed by atoms with E-state index in [9.17, 15) is 4.79 Å². The van der Waals surface area contributed by atoms with E-state index in [1.165, 1.54) is 5.56 Å². The summed E-state index contributed by atoms with van der Waals surface area (Å²) >= 11 is 0. The monoisotopic (exact) mass is 512 g/mol. The van der Waals surface area contributed by atoms with E-state index >= 15 is 0 Å². The summed E-state index contributed by atoms with van der Waals surface area (Å²) in [6.07, 6.45) is 0.866. The Labute approximate surface area is 226 Å². The van der Waals surface area contributed by atoms with E-state index in [4.69, 9.17) is 9.72 Å². The van der Waals surface area contributed by atoms with Crippen molar-refractivity contribution in [2.75, 3.05) is 31.6 Å². The first-order valence-corrected chi connectivity index (χ1v) is 13.6. The van der Waals surface area contributed by atoms with Gasteiger partial charge in [-0.15, -0.1) is 0 Å². The zero-order valence-corrected chi connectivity index (χ0v) is 23.8. The van der Waals surface area contributed by atoms with Gasteiger partial charge in [0.15, 0.2) is 0 Å². The summed E-state index contributed by atoms with van der Waals surface area (Å²) in [4.78, 5) is 23.3. The predicted octanol–water partition coefficient (Wildman–Crippen LogP) is 6.86. The van der Waals surface area contributed by atoms with Gasteiger partial charge in [-0.3, -0.25) is 9.36 Å². The van der Waals surface area contributed by atoms with Crippen LogP contribution in [0.3, 0.4) is 0 Å². The maximum atomic E-state index is 13.9. The SMILES string of the molecule is CCCN(Cc1nc2cc(N(CC)CC)ccc2n1-c1ccc(OC)cc1)C(=O)c1c(C)cc(C)cc1C. The fourth-order valence-electron chi connectivity index (χ4n) is 5.40. The van der Waals surface area contributed by atoms with Crippen molar-refractivity contribution in [2.24, 2.45) is 0 Å². The standard InChI is InChI=1S/C32H40N4O2/c1-8-17-35(32(37)31-23(5)18-22(4)19-24(31)6)21-30-33-28-20-26(34(9-2)10-3)13-16-29(28)36(30)25-11-14-27(38-7)15-12-25/h11-16,18-20H,8-10,17,21H2,1-7H3. The molecule has 4 aromatic rings. The van der Waals surface area contributed by atoms with Crippen LogP contribution >= 0.6 is 0 Å². The predicted molar refractivity (Wildman–Crippen MR) is 157 cm³/mol. The Bertz CT molecular complexity index is 1390. The second-order valence-corrected chi connectivity index (χ2v) is 9.91. The number of benzene rings is 3. The molecule has 0 N–H and O–H groups in total. The number of imidazole rings is 1. The van der Waals surface area contributed by atoms with E-state index in [0.717, 1.165) is 70.2 Å². The average molecular weight is 513 g/mol. The lowest BCUT2D eigenvalue weighted by Gasteiger charge is -2.24. The third kappa shape index (κ3) is 5.40. The molecule has 38 heavy (non-hydrogen) atoms. The van der Waals surface area contributed by atoms with Crippen molar-refractivity contribution in [3.05, 3.63) is 82.7 Å². The average Bonchev–Trinajstić information content (AvgIpc) is 3.25. The van der Waals surface area contributed by atoms with Crippen molar-refractivity contribution in [2.45, 2.75) is 54.5 Å². The van der Waals surface area contributed by atoms with Crippen molar-refractivity contribution >= 4 is 22.6 Å². The van der Waals surface area contributed by atoms with Crippen LogP contribution in [0, 0.1) is 20.8 Å². The van der Waals surface area contributed by atoms with Crippen molar-refractivity contribution in [1.82, 2.24) is 14.5 Å². The number of rotatable bonds is 10. The summed E-state index contributed by atoms with van der Waals surface area (Å²) < 4.78 is 7.57. The minimum absolute atomic E-state index is 0.0546. The first-order valence-electron chi connectivity index (χ1n) is 13.6. The molecule has 0 saturated carbocycles. The van der Waals surface area contributed by atoms with Crippen LogP contribution in [0.1, 0.15) is 60.1 Å². The number of aromatic nitrogens is 2. The van der Waals surface area contributed by atoms with Crippen molar-refractivity contribution in [3.8, 4) is 11.4 Å². The van der Waals surface area contributed by atoms with E-state index in [1.807, 2.05) is 43.0 Å². The van der Waals surface area contributed by atoms with E-state index in [1.54, 1.807) is 7.11 Å². The fourth-order valence-corrected chi connectivity index (χ4v) is 5.40. The molecule has 0 radical (unpaired) electrons. The van der Waals surface area contributed by atoms with Crippen LogP contribution in [-0.2, 0) is 6.54 Å². The van der Waals surface area contributed by atoms with E-state index in [0.29, 0.717) is 13.1 Å². The van der Waals surface area contributed by atoms with Gasteiger partial charge in [0, 0.05) is 36.6 Å². The summed E-state index contributed by atoms with van der Waals surface area (Å²) in [6, 6.07) is 18.7. The molecule has 0 bridgehead atoms. The lowest BCUT2D eigenvalue weighted by molar-refractivity contribution is 0.0737. The Balaban J connectivity index is 1.83. The third-order valence-electron chi connectivity index (χ3n) is 7.17. The van der Waals surface area contributed by atoms with Gasteiger partial charge in [-0.25, -0.2) is 4.98 Å². The van der Waals surface area contributed by atoms with Gasteiger partial charge < -0.3 is 14.5 Å². The number of hydrogen-bond acceptors (Lipinski definition) is 4. The Morgan fingerprint density at radius 3 is 2.16 bits per heavy atom. The molecule has 0 aliphatic heterocycles. The van der Waals surface area contributed by atoms with Gasteiger partial charge in [0.25, 0.3) is 5.91 Å². The molecule has 0 unspecified atom stereocenters. The highest BCUT2D eigenvalue weighted by molar-refractivity contribution is 5.97. The van der Waals surface area contributed by atoms with Crippen LogP contribution < -0.4 is 9.64 Å². The highest BCUT2D eigenvalue weighted by Crippen LogP contribution is 2.28. The van der Waals surface area contributed by atoms with Crippen LogP contribution in [-0.4, -0.2) is 47.1 Å². The number of anilines is 1. The molecule has 0 atom stereocenters. The van der Waals surface area contributed by atoms with Gasteiger partial charge in [-0.1, -0.05) is 24.6 Å². The number of aryl methyl sites for hydroxylation is 3. The lowest BCUT2D eigenvalue weighted by atomic mass is 9.98. The topological polar surface area (TPSA) is 50.6 Å². The van der Waals surface area contributed by atoms with Crippen LogP contribution in [0.2, 0.25) is 0 Å². The molecule has 200 valence electrons. The molecule has 0 fully saturated rings. The number of fused-ring (bicyclic) bond motifs is 1. The number of nitrogens with zero attached hydrogens (tertiary/aromatic N) is 4. The van der Waals surface area contributed by atoms with Crippen molar-refractivity contribution < 1.29 is 9.53 Å². The minimum atomic E-state index is 0.0546. The summed E-state index contributed by atoms with van der Waals surface area (Å²) in [5, 5.41) is 0. The molecule has 6 nitrogen and oxygen atoms in total. The zero-order valence-electron chi connectivity index (χ0n) is 23.8. The maximum Gasteiger partial charge on any atom is 0.254 e. The smallest absolute Gasteiger partial charge is 0.254 e. The number of ether oxygens (including phenoxy) is 1. The number of amides is 1. The number of carbonyl (C=O) groups is 1.